The lowest BCUT2D eigenvalue weighted by atomic mass is 10.0. The van der Waals surface area contributed by atoms with Gasteiger partial charge in [0.2, 0.25) is 0 Å². The maximum Gasteiger partial charge on any atom is 0.306 e. The molecule has 0 amide bonds. The molecule has 0 fully saturated rings. The van der Waals surface area contributed by atoms with E-state index in [-0.39, 0.29) is 12.6 Å². The van der Waals surface area contributed by atoms with Crippen molar-refractivity contribution in [1.29, 1.82) is 0 Å². The van der Waals surface area contributed by atoms with Crippen LogP contribution in [0.15, 0.2) is 0 Å². The molecule has 0 aliphatic heterocycles. The molecule has 0 aliphatic carbocycles. The van der Waals surface area contributed by atoms with Crippen molar-refractivity contribution in [2.45, 2.75) is 78.8 Å². The van der Waals surface area contributed by atoms with Crippen molar-refractivity contribution in [2.24, 2.45) is 5.92 Å². The number of hydrogen-bond donors (Lipinski definition) is 1. The molecule has 2 unspecified atom stereocenters. The number of rotatable bonds is 17. The summed E-state index contributed by atoms with van der Waals surface area (Å²) in [5, 5.41) is 9.28. The van der Waals surface area contributed by atoms with Crippen molar-refractivity contribution in [3.8, 4) is 0 Å². The fourth-order valence-corrected chi connectivity index (χ4v) is 2.03. The molecule has 0 radical (unpaired) electrons. The average Bonchev–Trinajstić information content (AvgIpc) is 2.53. The lowest BCUT2D eigenvalue weighted by Crippen LogP contribution is -2.22. The standard InChI is InChI=1S/C18H36O6/c1-5-7-11-21-15(3)23-13-9-17(18(19)20)10-14-24-16(4)22-12-8-6-2/h15-17H,5-14H2,1-4H3,(H,19,20). The van der Waals surface area contributed by atoms with E-state index < -0.39 is 11.9 Å². The normalized spacial score (nSPS) is 15.2. The van der Waals surface area contributed by atoms with Crippen LogP contribution in [0.4, 0.5) is 0 Å². The van der Waals surface area contributed by atoms with Gasteiger partial charge in [-0.25, -0.2) is 0 Å². The number of unbranched alkanes of at least 4 members (excludes halogenated alkanes) is 2. The third-order valence-electron chi connectivity index (χ3n) is 3.69. The topological polar surface area (TPSA) is 74.2 Å². The number of aliphatic carboxylic acids is 1. The number of carboxylic acid groups (broad SMARTS) is 1. The van der Waals surface area contributed by atoms with Gasteiger partial charge in [-0.1, -0.05) is 26.7 Å². The van der Waals surface area contributed by atoms with Gasteiger partial charge in [0, 0.05) is 13.2 Å². The molecule has 0 aromatic heterocycles. The molecule has 0 bridgehead atoms. The minimum atomic E-state index is -0.818. The van der Waals surface area contributed by atoms with E-state index in [0.717, 1.165) is 25.7 Å². The molecule has 0 aliphatic rings. The Bertz CT molecular complexity index is 275. The van der Waals surface area contributed by atoms with Gasteiger partial charge < -0.3 is 24.1 Å². The van der Waals surface area contributed by atoms with Gasteiger partial charge >= 0.3 is 5.97 Å². The summed E-state index contributed by atoms with van der Waals surface area (Å²) in [6, 6.07) is 0. The molecule has 1 N–H and O–H groups in total. The molecular weight excluding hydrogens is 312 g/mol. The van der Waals surface area contributed by atoms with Crippen LogP contribution in [-0.4, -0.2) is 50.1 Å². The van der Waals surface area contributed by atoms with Crippen LogP contribution in [0.3, 0.4) is 0 Å². The molecular formula is C18H36O6. The lowest BCUT2D eigenvalue weighted by Gasteiger charge is -2.18. The van der Waals surface area contributed by atoms with Gasteiger partial charge in [-0.05, 0) is 39.5 Å². The molecule has 0 spiro atoms. The molecule has 144 valence electrons. The van der Waals surface area contributed by atoms with Crippen molar-refractivity contribution < 1.29 is 28.8 Å². The minimum absolute atomic E-state index is 0.297. The van der Waals surface area contributed by atoms with Gasteiger partial charge in [0.05, 0.1) is 19.1 Å². The predicted octanol–water partition coefficient (Wildman–Crippen LogP) is 3.83. The van der Waals surface area contributed by atoms with E-state index in [1.807, 2.05) is 13.8 Å². The second-order valence-corrected chi connectivity index (χ2v) is 5.94. The molecule has 2 atom stereocenters. The fourth-order valence-electron chi connectivity index (χ4n) is 2.03. The maximum absolute atomic E-state index is 11.3. The smallest absolute Gasteiger partial charge is 0.306 e. The molecule has 0 heterocycles. The third-order valence-corrected chi connectivity index (χ3v) is 3.69. The summed E-state index contributed by atoms with van der Waals surface area (Å²) < 4.78 is 22.0. The van der Waals surface area contributed by atoms with E-state index in [4.69, 9.17) is 18.9 Å². The number of carbonyl (C=O) groups is 1. The third kappa shape index (κ3) is 13.7. The molecule has 0 saturated heterocycles. The highest BCUT2D eigenvalue weighted by atomic mass is 16.7. The van der Waals surface area contributed by atoms with Gasteiger partial charge in [-0.15, -0.1) is 0 Å². The van der Waals surface area contributed by atoms with Crippen LogP contribution < -0.4 is 0 Å². The second-order valence-electron chi connectivity index (χ2n) is 5.94. The van der Waals surface area contributed by atoms with Crippen LogP contribution in [0.2, 0.25) is 0 Å². The first-order valence-electron chi connectivity index (χ1n) is 9.20. The summed E-state index contributed by atoms with van der Waals surface area (Å²) in [7, 11) is 0. The summed E-state index contributed by atoms with van der Waals surface area (Å²) >= 11 is 0. The van der Waals surface area contributed by atoms with Gasteiger partial charge in [0.15, 0.2) is 12.6 Å². The Hall–Kier alpha value is -0.690. The monoisotopic (exact) mass is 348 g/mol. The Kier molecular flexibility index (Phi) is 15.4. The molecule has 0 aromatic rings. The van der Waals surface area contributed by atoms with Crippen molar-refractivity contribution in [1.82, 2.24) is 0 Å². The zero-order valence-electron chi connectivity index (χ0n) is 15.8. The maximum atomic E-state index is 11.3. The van der Waals surface area contributed by atoms with E-state index in [9.17, 15) is 9.90 Å². The van der Waals surface area contributed by atoms with Gasteiger partial charge in [0.25, 0.3) is 0 Å². The van der Waals surface area contributed by atoms with Crippen molar-refractivity contribution >= 4 is 5.97 Å². The zero-order chi connectivity index (χ0) is 18.2. The summed E-state index contributed by atoms with van der Waals surface area (Å²) in [4.78, 5) is 11.3. The first-order chi connectivity index (χ1) is 11.5. The van der Waals surface area contributed by atoms with E-state index >= 15 is 0 Å². The van der Waals surface area contributed by atoms with Crippen molar-refractivity contribution in [2.75, 3.05) is 26.4 Å². The second kappa shape index (κ2) is 15.8. The average molecular weight is 348 g/mol. The van der Waals surface area contributed by atoms with Crippen molar-refractivity contribution in [3.05, 3.63) is 0 Å². The van der Waals surface area contributed by atoms with Crippen LogP contribution in [0.1, 0.15) is 66.2 Å². The SMILES string of the molecule is CCCCOC(C)OCCC(CCOC(C)OCCCC)C(=O)O. The van der Waals surface area contributed by atoms with E-state index in [2.05, 4.69) is 13.8 Å². The Morgan fingerprint density at radius 1 is 0.792 bits per heavy atom. The van der Waals surface area contributed by atoms with Gasteiger partial charge in [0.1, 0.15) is 0 Å². The predicted molar refractivity (Wildman–Crippen MR) is 92.9 cm³/mol. The summed E-state index contributed by atoms with van der Waals surface area (Å²) in [5.74, 6) is -1.29. The van der Waals surface area contributed by atoms with Crippen LogP contribution in [0, 0.1) is 5.92 Å². The van der Waals surface area contributed by atoms with Crippen LogP contribution in [-0.2, 0) is 23.7 Å². The quantitative estimate of drug-likeness (QED) is 0.318. The van der Waals surface area contributed by atoms with Crippen molar-refractivity contribution in [3.63, 3.8) is 0 Å². The van der Waals surface area contributed by atoms with E-state index in [1.165, 1.54) is 0 Å². The number of ether oxygens (including phenoxy) is 4. The highest BCUT2D eigenvalue weighted by molar-refractivity contribution is 5.69. The zero-order valence-corrected chi connectivity index (χ0v) is 15.8. The Morgan fingerprint density at radius 2 is 1.17 bits per heavy atom. The number of carboxylic acids is 1. The molecule has 0 rings (SSSR count). The number of hydrogen-bond acceptors (Lipinski definition) is 5. The fraction of sp³-hybridized carbons (Fsp3) is 0.944. The van der Waals surface area contributed by atoms with Gasteiger partial charge in [-0.2, -0.15) is 0 Å². The highest BCUT2D eigenvalue weighted by Gasteiger charge is 2.18. The summed E-state index contributed by atoms with van der Waals surface area (Å²) in [6.07, 6.45) is 4.46. The first-order valence-corrected chi connectivity index (χ1v) is 9.20. The Morgan fingerprint density at radius 3 is 1.50 bits per heavy atom. The summed E-state index contributed by atoms with van der Waals surface area (Å²) in [6.45, 7) is 9.95. The van der Waals surface area contributed by atoms with Crippen LogP contribution >= 0.6 is 0 Å². The van der Waals surface area contributed by atoms with Crippen LogP contribution in [0.25, 0.3) is 0 Å². The molecule has 0 saturated carbocycles. The molecule has 6 heteroatoms. The Balaban J connectivity index is 3.83. The molecule has 0 aromatic carbocycles. The lowest BCUT2D eigenvalue weighted by molar-refractivity contribution is -0.153. The largest absolute Gasteiger partial charge is 0.481 e. The van der Waals surface area contributed by atoms with E-state index in [0.29, 0.717) is 39.3 Å². The minimum Gasteiger partial charge on any atom is -0.481 e. The Labute approximate surface area is 146 Å². The molecule has 24 heavy (non-hydrogen) atoms. The molecule has 6 nitrogen and oxygen atoms in total. The van der Waals surface area contributed by atoms with E-state index in [1.54, 1.807) is 0 Å². The summed E-state index contributed by atoms with van der Waals surface area (Å²) in [5.41, 5.74) is 0. The van der Waals surface area contributed by atoms with Gasteiger partial charge in [-0.3, -0.25) is 4.79 Å². The highest BCUT2D eigenvalue weighted by Crippen LogP contribution is 2.12. The first kappa shape index (κ1) is 23.3. The van der Waals surface area contributed by atoms with Crippen LogP contribution in [0.5, 0.6) is 0 Å².